The van der Waals surface area contributed by atoms with Gasteiger partial charge in [-0.25, -0.2) is 0 Å². The standard InChI is InChI=1S/C17H14N4O3/c1-11-16(20-21(19-11)13-5-3-2-4-6-13)17(22)18-12-7-8-14-15(9-12)24-10-23-14/h2-9H,10H2,1H3,(H,18,22). The molecule has 1 aliphatic heterocycles. The van der Waals surface area contributed by atoms with E-state index < -0.39 is 0 Å². The molecular weight excluding hydrogens is 308 g/mol. The number of carbonyl (C=O) groups excluding carboxylic acids is 1. The molecule has 1 amide bonds. The summed E-state index contributed by atoms with van der Waals surface area (Å²) in [5.74, 6) is 0.949. The zero-order valence-corrected chi connectivity index (χ0v) is 12.9. The molecule has 3 aromatic rings. The maximum Gasteiger partial charge on any atom is 0.278 e. The van der Waals surface area contributed by atoms with Crippen molar-refractivity contribution in [2.75, 3.05) is 12.1 Å². The van der Waals surface area contributed by atoms with Crippen LogP contribution in [-0.2, 0) is 0 Å². The molecule has 1 aromatic heterocycles. The van der Waals surface area contributed by atoms with Gasteiger partial charge in [0.25, 0.3) is 5.91 Å². The first-order chi connectivity index (χ1) is 11.7. The fourth-order valence-electron chi connectivity index (χ4n) is 2.43. The molecule has 1 N–H and O–H groups in total. The van der Waals surface area contributed by atoms with Gasteiger partial charge in [0.1, 0.15) is 0 Å². The predicted molar refractivity (Wildman–Crippen MR) is 86.6 cm³/mol. The van der Waals surface area contributed by atoms with Crippen LogP contribution in [-0.4, -0.2) is 27.7 Å². The Labute approximate surface area is 137 Å². The molecule has 0 spiro atoms. The van der Waals surface area contributed by atoms with Gasteiger partial charge < -0.3 is 14.8 Å². The van der Waals surface area contributed by atoms with Gasteiger partial charge in [0.2, 0.25) is 6.79 Å². The fourth-order valence-corrected chi connectivity index (χ4v) is 2.43. The molecule has 7 nitrogen and oxygen atoms in total. The number of nitrogens with one attached hydrogen (secondary N) is 1. The van der Waals surface area contributed by atoms with Crippen molar-refractivity contribution < 1.29 is 14.3 Å². The molecule has 7 heteroatoms. The van der Waals surface area contributed by atoms with Crippen LogP contribution in [0.5, 0.6) is 11.5 Å². The Bertz CT molecular complexity index is 905. The molecule has 0 unspecified atom stereocenters. The molecule has 0 atom stereocenters. The number of para-hydroxylation sites is 1. The molecule has 24 heavy (non-hydrogen) atoms. The van der Waals surface area contributed by atoms with E-state index in [1.807, 2.05) is 30.3 Å². The summed E-state index contributed by atoms with van der Waals surface area (Å²) >= 11 is 0. The van der Waals surface area contributed by atoms with Gasteiger partial charge in [0, 0.05) is 11.8 Å². The first kappa shape index (κ1) is 14.3. The number of fused-ring (bicyclic) bond motifs is 1. The molecule has 2 heterocycles. The van der Waals surface area contributed by atoms with Crippen LogP contribution in [0.15, 0.2) is 48.5 Å². The summed E-state index contributed by atoms with van der Waals surface area (Å²) in [7, 11) is 0. The van der Waals surface area contributed by atoms with Crippen molar-refractivity contribution >= 4 is 11.6 Å². The normalized spacial score (nSPS) is 12.2. The van der Waals surface area contributed by atoms with Crippen molar-refractivity contribution in [1.29, 1.82) is 0 Å². The Morgan fingerprint density at radius 2 is 1.88 bits per heavy atom. The van der Waals surface area contributed by atoms with Gasteiger partial charge in [-0.15, -0.1) is 5.10 Å². The number of aromatic nitrogens is 3. The lowest BCUT2D eigenvalue weighted by atomic mass is 10.2. The highest BCUT2D eigenvalue weighted by Gasteiger charge is 2.18. The summed E-state index contributed by atoms with van der Waals surface area (Å²) in [6.45, 7) is 1.94. The second-order valence-corrected chi connectivity index (χ2v) is 5.28. The van der Waals surface area contributed by atoms with Gasteiger partial charge in [-0.2, -0.15) is 9.90 Å². The number of ether oxygens (including phenoxy) is 2. The van der Waals surface area contributed by atoms with E-state index >= 15 is 0 Å². The lowest BCUT2D eigenvalue weighted by Gasteiger charge is -2.04. The third-order valence-corrected chi connectivity index (χ3v) is 3.61. The van der Waals surface area contributed by atoms with E-state index in [0.717, 1.165) is 5.69 Å². The van der Waals surface area contributed by atoms with Crippen LogP contribution in [0.25, 0.3) is 5.69 Å². The third-order valence-electron chi connectivity index (χ3n) is 3.61. The van der Waals surface area contributed by atoms with Crippen LogP contribution in [0.4, 0.5) is 5.69 Å². The summed E-state index contributed by atoms with van der Waals surface area (Å²) in [6, 6.07) is 14.7. The Morgan fingerprint density at radius 3 is 2.71 bits per heavy atom. The quantitative estimate of drug-likeness (QED) is 0.802. The number of rotatable bonds is 3. The molecule has 2 aromatic carbocycles. The van der Waals surface area contributed by atoms with Gasteiger partial charge in [-0.1, -0.05) is 18.2 Å². The van der Waals surface area contributed by atoms with Gasteiger partial charge in [0.05, 0.1) is 11.4 Å². The Hall–Kier alpha value is -3.35. The summed E-state index contributed by atoms with van der Waals surface area (Å²) < 4.78 is 10.6. The zero-order valence-electron chi connectivity index (χ0n) is 12.9. The molecule has 4 rings (SSSR count). The maximum absolute atomic E-state index is 12.5. The van der Waals surface area contributed by atoms with Gasteiger partial charge in [0.15, 0.2) is 17.2 Å². The summed E-state index contributed by atoms with van der Waals surface area (Å²) in [5.41, 5.74) is 2.23. The first-order valence-electron chi connectivity index (χ1n) is 7.41. The van der Waals surface area contributed by atoms with E-state index in [0.29, 0.717) is 22.9 Å². The SMILES string of the molecule is Cc1nn(-c2ccccc2)nc1C(=O)Nc1ccc2c(c1)OCO2. The van der Waals surface area contributed by atoms with Crippen molar-refractivity contribution in [1.82, 2.24) is 15.0 Å². The predicted octanol–water partition coefficient (Wildman–Crippen LogP) is 2.56. The van der Waals surface area contributed by atoms with Crippen LogP contribution < -0.4 is 14.8 Å². The summed E-state index contributed by atoms with van der Waals surface area (Å²) in [4.78, 5) is 13.9. The largest absolute Gasteiger partial charge is 0.454 e. The minimum absolute atomic E-state index is 0.192. The Balaban J connectivity index is 1.58. The van der Waals surface area contributed by atoms with Crippen molar-refractivity contribution in [3.63, 3.8) is 0 Å². The summed E-state index contributed by atoms with van der Waals surface area (Å²) in [6.07, 6.45) is 0. The lowest BCUT2D eigenvalue weighted by Crippen LogP contribution is -2.14. The highest BCUT2D eigenvalue weighted by Crippen LogP contribution is 2.34. The highest BCUT2D eigenvalue weighted by molar-refractivity contribution is 6.03. The van der Waals surface area contributed by atoms with Gasteiger partial charge in [-0.3, -0.25) is 4.79 Å². The molecule has 1 aliphatic rings. The number of nitrogens with zero attached hydrogens (tertiary/aromatic N) is 3. The molecule has 120 valence electrons. The number of carbonyl (C=O) groups is 1. The van der Waals surface area contributed by atoms with Crippen LogP contribution in [0.2, 0.25) is 0 Å². The smallest absolute Gasteiger partial charge is 0.278 e. The average molecular weight is 322 g/mol. The lowest BCUT2D eigenvalue weighted by molar-refractivity contribution is 0.102. The second kappa shape index (κ2) is 5.69. The van der Waals surface area contributed by atoms with Crippen LogP contribution in [0, 0.1) is 6.92 Å². The van der Waals surface area contributed by atoms with E-state index in [9.17, 15) is 4.79 Å². The number of amides is 1. The number of hydrogen-bond acceptors (Lipinski definition) is 5. The van der Waals surface area contributed by atoms with Crippen molar-refractivity contribution in [3.05, 3.63) is 59.9 Å². The first-order valence-corrected chi connectivity index (χ1v) is 7.41. The van der Waals surface area contributed by atoms with E-state index in [4.69, 9.17) is 9.47 Å². The number of benzene rings is 2. The van der Waals surface area contributed by atoms with Gasteiger partial charge >= 0.3 is 0 Å². The number of anilines is 1. The average Bonchev–Trinajstić information content (AvgIpc) is 3.21. The molecule has 0 bridgehead atoms. The zero-order chi connectivity index (χ0) is 16.5. The minimum atomic E-state index is -0.325. The van der Waals surface area contributed by atoms with E-state index in [2.05, 4.69) is 15.5 Å². The van der Waals surface area contributed by atoms with Gasteiger partial charge in [-0.05, 0) is 31.2 Å². The number of hydrogen-bond donors (Lipinski definition) is 1. The number of aryl methyl sites for hydroxylation is 1. The van der Waals surface area contributed by atoms with Crippen molar-refractivity contribution in [3.8, 4) is 17.2 Å². The van der Waals surface area contributed by atoms with Crippen LogP contribution in [0.3, 0.4) is 0 Å². The fraction of sp³-hybridized carbons (Fsp3) is 0.118. The third kappa shape index (κ3) is 2.56. The molecule has 0 saturated carbocycles. The Kier molecular flexibility index (Phi) is 3.38. The van der Waals surface area contributed by atoms with E-state index in [1.54, 1.807) is 25.1 Å². The highest BCUT2D eigenvalue weighted by atomic mass is 16.7. The monoisotopic (exact) mass is 322 g/mol. The second-order valence-electron chi connectivity index (χ2n) is 5.28. The van der Waals surface area contributed by atoms with E-state index in [-0.39, 0.29) is 18.4 Å². The maximum atomic E-state index is 12.5. The van der Waals surface area contributed by atoms with Crippen molar-refractivity contribution in [2.45, 2.75) is 6.92 Å². The van der Waals surface area contributed by atoms with Crippen LogP contribution >= 0.6 is 0 Å². The van der Waals surface area contributed by atoms with E-state index in [1.165, 1.54) is 4.80 Å². The molecule has 0 radical (unpaired) electrons. The van der Waals surface area contributed by atoms with Crippen molar-refractivity contribution in [2.24, 2.45) is 0 Å². The molecule has 0 saturated heterocycles. The molecule has 0 fully saturated rings. The van der Waals surface area contributed by atoms with Crippen LogP contribution in [0.1, 0.15) is 16.2 Å². The molecule has 0 aliphatic carbocycles. The molecular formula is C17H14N4O3. The minimum Gasteiger partial charge on any atom is -0.454 e. The summed E-state index contributed by atoms with van der Waals surface area (Å²) in [5, 5.41) is 11.4. The topological polar surface area (TPSA) is 78.3 Å². The Morgan fingerprint density at radius 1 is 1.08 bits per heavy atom.